The molecule has 6 rings (SSSR count). The molecule has 206 valence electrons. The van der Waals surface area contributed by atoms with Gasteiger partial charge in [-0.05, 0) is 60.5 Å². The molecule has 2 aromatic heterocycles. The molecule has 0 saturated heterocycles. The minimum Gasteiger partial charge on any atom is -0.493 e. The third-order valence-corrected chi connectivity index (χ3v) is 6.95. The molecule has 1 aliphatic heterocycles. The van der Waals surface area contributed by atoms with Crippen LogP contribution in [-0.4, -0.2) is 44.6 Å². The number of hydrogen-bond donors (Lipinski definition) is 2. The highest BCUT2D eigenvalue weighted by Crippen LogP contribution is 2.33. The predicted octanol–water partition coefficient (Wildman–Crippen LogP) is 3.98. The molecule has 2 N–H and O–H groups in total. The van der Waals surface area contributed by atoms with Gasteiger partial charge in [-0.25, -0.2) is 9.97 Å². The molecule has 3 aromatic carbocycles. The van der Waals surface area contributed by atoms with Crippen LogP contribution in [0, 0.1) is 6.92 Å². The molecule has 0 radical (unpaired) electrons. The number of aromatic nitrogens is 4. The molecular formula is C31H28N6O4. The second kappa shape index (κ2) is 11.0. The van der Waals surface area contributed by atoms with Crippen molar-refractivity contribution < 1.29 is 19.1 Å². The van der Waals surface area contributed by atoms with Crippen molar-refractivity contribution in [3.05, 3.63) is 108 Å². The number of fused-ring (bicyclic) bond motifs is 7. The summed E-state index contributed by atoms with van der Waals surface area (Å²) in [5.41, 5.74) is 4.64. The standard InChI is InChI=1S/C31H28N6O4/c1-20-32-9-11-36(20)26-6-4-3-5-23(26)18-35-31(39)24-13-21-14-25(15-24)37-12-10-33-30(37)22-7-8-27(40-2)28(16-22)41-19-29(38)34-17-21/h3-16H,17-19H2,1-2H3,(H,34,38)(H,35,39). The van der Waals surface area contributed by atoms with Crippen molar-refractivity contribution in [2.75, 3.05) is 13.7 Å². The second-order valence-corrected chi connectivity index (χ2v) is 9.60. The van der Waals surface area contributed by atoms with Crippen LogP contribution in [0.25, 0.3) is 22.8 Å². The van der Waals surface area contributed by atoms with E-state index in [4.69, 9.17) is 9.47 Å². The van der Waals surface area contributed by atoms with Crippen molar-refractivity contribution in [2.45, 2.75) is 20.0 Å². The smallest absolute Gasteiger partial charge is 0.258 e. The minimum absolute atomic E-state index is 0.183. The highest BCUT2D eigenvalue weighted by Gasteiger charge is 2.18. The van der Waals surface area contributed by atoms with Crippen molar-refractivity contribution in [1.82, 2.24) is 29.7 Å². The third-order valence-electron chi connectivity index (χ3n) is 6.95. The number of methoxy groups -OCH3 is 1. The van der Waals surface area contributed by atoms with Crippen LogP contribution in [0.15, 0.2) is 85.5 Å². The van der Waals surface area contributed by atoms with Crippen LogP contribution in [0.4, 0.5) is 0 Å². The lowest BCUT2D eigenvalue weighted by molar-refractivity contribution is -0.123. The molecule has 10 nitrogen and oxygen atoms in total. The predicted molar refractivity (Wildman–Crippen MR) is 152 cm³/mol. The van der Waals surface area contributed by atoms with Crippen LogP contribution in [0.1, 0.15) is 27.3 Å². The maximum Gasteiger partial charge on any atom is 0.258 e. The van der Waals surface area contributed by atoms with Crippen molar-refractivity contribution in [3.63, 3.8) is 0 Å². The molecule has 0 atom stereocenters. The number of carbonyl (C=O) groups excluding carboxylic acids is 2. The van der Waals surface area contributed by atoms with Gasteiger partial charge in [0.15, 0.2) is 18.1 Å². The molecule has 41 heavy (non-hydrogen) atoms. The van der Waals surface area contributed by atoms with E-state index in [-0.39, 0.29) is 25.0 Å². The first-order valence-electron chi connectivity index (χ1n) is 13.1. The zero-order chi connectivity index (χ0) is 28.3. The second-order valence-electron chi connectivity index (χ2n) is 9.60. The molecule has 0 saturated carbocycles. The number of imidazole rings is 2. The van der Waals surface area contributed by atoms with Gasteiger partial charge >= 0.3 is 0 Å². The van der Waals surface area contributed by atoms with Crippen molar-refractivity contribution in [3.8, 4) is 34.3 Å². The van der Waals surface area contributed by atoms with Crippen LogP contribution in [0.3, 0.4) is 0 Å². The van der Waals surface area contributed by atoms with E-state index in [1.54, 1.807) is 37.7 Å². The first-order valence-corrected chi connectivity index (χ1v) is 13.1. The number of carbonyl (C=O) groups is 2. The number of aryl methyl sites for hydroxylation is 1. The zero-order valence-electron chi connectivity index (χ0n) is 22.6. The monoisotopic (exact) mass is 548 g/mol. The lowest BCUT2D eigenvalue weighted by Gasteiger charge is -2.15. The number of nitrogens with one attached hydrogen (secondary N) is 2. The zero-order valence-corrected chi connectivity index (χ0v) is 22.6. The van der Waals surface area contributed by atoms with E-state index in [1.807, 2.05) is 70.9 Å². The summed E-state index contributed by atoms with van der Waals surface area (Å²) in [5, 5.41) is 5.94. The van der Waals surface area contributed by atoms with Crippen LogP contribution < -0.4 is 20.1 Å². The summed E-state index contributed by atoms with van der Waals surface area (Å²) in [7, 11) is 1.55. The summed E-state index contributed by atoms with van der Waals surface area (Å²) in [6, 6.07) is 18.9. The average Bonchev–Trinajstić information content (AvgIpc) is 3.66. The van der Waals surface area contributed by atoms with E-state index in [1.165, 1.54) is 0 Å². The Morgan fingerprint density at radius 3 is 2.71 bits per heavy atom. The summed E-state index contributed by atoms with van der Waals surface area (Å²) in [4.78, 5) is 35.0. The van der Waals surface area contributed by atoms with Gasteiger partial charge in [0.2, 0.25) is 0 Å². The molecule has 1 aliphatic rings. The Labute approximate surface area is 236 Å². The lowest BCUT2D eigenvalue weighted by atomic mass is 10.1. The van der Waals surface area contributed by atoms with Gasteiger partial charge in [-0.3, -0.25) is 14.2 Å². The molecule has 5 aromatic rings. The highest BCUT2D eigenvalue weighted by molar-refractivity contribution is 5.95. The number of hydrogen-bond acceptors (Lipinski definition) is 6. The largest absolute Gasteiger partial charge is 0.493 e. The quantitative estimate of drug-likeness (QED) is 0.344. The van der Waals surface area contributed by atoms with Crippen molar-refractivity contribution in [2.24, 2.45) is 0 Å². The van der Waals surface area contributed by atoms with Crippen LogP contribution in [0.5, 0.6) is 11.5 Å². The van der Waals surface area contributed by atoms with Gasteiger partial charge in [0, 0.05) is 54.7 Å². The van der Waals surface area contributed by atoms with E-state index in [0.717, 1.165) is 33.9 Å². The van der Waals surface area contributed by atoms with Crippen LogP contribution in [-0.2, 0) is 17.9 Å². The van der Waals surface area contributed by atoms with Gasteiger partial charge < -0.3 is 24.7 Å². The van der Waals surface area contributed by atoms with Gasteiger partial charge in [-0.2, -0.15) is 0 Å². The first kappa shape index (κ1) is 25.9. The Balaban J connectivity index is 1.34. The molecule has 2 amide bonds. The third kappa shape index (κ3) is 5.27. The maximum atomic E-state index is 13.5. The highest BCUT2D eigenvalue weighted by atomic mass is 16.5. The number of rotatable bonds is 5. The van der Waals surface area contributed by atoms with E-state index in [0.29, 0.717) is 29.4 Å². The molecular weight excluding hydrogens is 520 g/mol. The topological polar surface area (TPSA) is 112 Å². The maximum absolute atomic E-state index is 13.5. The van der Waals surface area contributed by atoms with E-state index >= 15 is 0 Å². The SMILES string of the molecule is COc1ccc2cc1OCC(=O)NCc1cc(C(=O)NCc3ccccc3-n3ccnc3C)cc(c1)-n1ccnc1-2. The van der Waals surface area contributed by atoms with Gasteiger partial charge in [0.25, 0.3) is 11.8 Å². The Morgan fingerprint density at radius 2 is 1.88 bits per heavy atom. The fourth-order valence-electron chi connectivity index (χ4n) is 4.90. The fourth-order valence-corrected chi connectivity index (χ4v) is 4.90. The van der Waals surface area contributed by atoms with E-state index in [9.17, 15) is 9.59 Å². The summed E-state index contributed by atoms with van der Waals surface area (Å²) >= 11 is 0. The average molecular weight is 549 g/mol. The molecule has 0 aliphatic carbocycles. The van der Waals surface area contributed by atoms with Crippen LogP contribution >= 0.6 is 0 Å². The van der Waals surface area contributed by atoms with Gasteiger partial charge in [0.1, 0.15) is 11.6 Å². The number of amides is 2. The van der Waals surface area contributed by atoms with Crippen molar-refractivity contribution >= 4 is 11.8 Å². The first-order chi connectivity index (χ1) is 20.0. The normalized spacial score (nSPS) is 12.6. The van der Waals surface area contributed by atoms with E-state index < -0.39 is 0 Å². The van der Waals surface area contributed by atoms with E-state index in [2.05, 4.69) is 20.6 Å². The molecule has 0 unspecified atom stereocenters. The lowest BCUT2D eigenvalue weighted by Crippen LogP contribution is -2.29. The molecule has 10 heteroatoms. The summed E-state index contributed by atoms with van der Waals surface area (Å²) in [6.45, 7) is 2.30. The summed E-state index contributed by atoms with van der Waals surface area (Å²) in [6.07, 6.45) is 7.19. The minimum atomic E-state index is -0.294. The van der Waals surface area contributed by atoms with Gasteiger partial charge in [-0.1, -0.05) is 18.2 Å². The Morgan fingerprint density at radius 1 is 1.05 bits per heavy atom. The molecule has 0 spiro atoms. The van der Waals surface area contributed by atoms with Gasteiger partial charge in [-0.15, -0.1) is 0 Å². The van der Waals surface area contributed by atoms with Crippen LogP contribution in [0.2, 0.25) is 0 Å². The number of ether oxygens (including phenoxy) is 2. The Bertz CT molecular complexity index is 1760. The Kier molecular flexibility index (Phi) is 6.95. The number of benzene rings is 3. The number of para-hydroxylation sites is 1. The summed E-state index contributed by atoms with van der Waals surface area (Å²) in [5.74, 6) is 1.93. The number of nitrogens with zero attached hydrogens (tertiary/aromatic N) is 4. The summed E-state index contributed by atoms with van der Waals surface area (Å²) < 4.78 is 15.1. The Hall–Kier alpha value is -5.38. The van der Waals surface area contributed by atoms with Crippen molar-refractivity contribution in [1.29, 1.82) is 0 Å². The molecule has 0 fully saturated rings. The molecule has 3 heterocycles. The van der Waals surface area contributed by atoms with Gasteiger partial charge in [0.05, 0.1) is 12.8 Å². The molecule has 4 bridgehead atoms. The fraction of sp³-hybridized carbons (Fsp3) is 0.161.